The Morgan fingerprint density at radius 3 is 2.57 bits per heavy atom. The summed E-state index contributed by atoms with van der Waals surface area (Å²) in [6.07, 6.45) is 5.09. The van der Waals surface area contributed by atoms with Gasteiger partial charge in [-0.2, -0.15) is 0 Å². The van der Waals surface area contributed by atoms with E-state index in [1.807, 2.05) is 0 Å². The lowest BCUT2D eigenvalue weighted by Crippen LogP contribution is -2.36. The topological polar surface area (TPSA) is 66.6 Å². The molecule has 2 rings (SSSR count). The minimum atomic E-state index is -0.892. The molecule has 0 spiro atoms. The third-order valence-electron chi connectivity index (χ3n) is 4.38. The van der Waals surface area contributed by atoms with E-state index in [1.165, 1.54) is 24.8 Å². The highest BCUT2D eigenvalue weighted by molar-refractivity contribution is 5.72. The Morgan fingerprint density at radius 1 is 1.29 bits per heavy atom. The first-order valence-electron chi connectivity index (χ1n) is 7.90. The molecule has 1 saturated heterocycles. The number of nitrogens with two attached hydrogens (primary N) is 1. The molecule has 1 heterocycles. The average molecular weight is 290 g/mol. The molecule has 116 valence electrons. The van der Waals surface area contributed by atoms with Crippen LogP contribution in [0.4, 0.5) is 0 Å². The molecule has 3 N–H and O–H groups in total. The lowest BCUT2D eigenvalue weighted by molar-refractivity contribution is -0.138. The molecular weight excluding hydrogens is 264 g/mol. The first-order valence-corrected chi connectivity index (χ1v) is 7.90. The van der Waals surface area contributed by atoms with Crippen LogP contribution in [0.3, 0.4) is 0 Å². The van der Waals surface area contributed by atoms with Gasteiger partial charge in [-0.25, -0.2) is 0 Å². The quantitative estimate of drug-likeness (QED) is 0.807. The SMILES string of the molecule is NC(CCCN1CCC(Cc2ccccc2)CC1)C(=O)O. The second-order valence-corrected chi connectivity index (χ2v) is 6.06. The summed E-state index contributed by atoms with van der Waals surface area (Å²) in [7, 11) is 0. The Kier molecular flexibility index (Phi) is 6.21. The molecule has 1 atom stereocenters. The van der Waals surface area contributed by atoms with Crippen molar-refractivity contribution in [2.75, 3.05) is 19.6 Å². The summed E-state index contributed by atoms with van der Waals surface area (Å²) in [4.78, 5) is 13.1. The molecule has 1 aliphatic rings. The summed E-state index contributed by atoms with van der Waals surface area (Å²) in [5.74, 6) is -0.110. The summed E-state index contributed by atoms with van der Waals surface area (Å²) >= 11 is 0. The van der Waals surface area contributed by atoms with Crippen molar-refractivity contribution in [2.24, 2.45) is 11.7 Å². The third-order valence-corrected chi connectivity index (χ3v) is 4.38. The van der Waals surface area contributed by atoms with E-state index in [-0.39, 0.29) is 0 Å². The van der Waals surface area contributed by atoms with E-state index in [2.05, 4.69) is 35.2 Å². The molecule has 4 nitrogen and oxygen atoms in total. The Labute approximate surface area is 126 Å². The van der Waals surface area contributed by atoms with Crippen molar-refractivity contribution in [1.82, 2.24) is 4.90 Å². The van der Waals surface area contributed by atoms with Crippen molar-refractivity contribution in [3.63, 3.8) is 0 Å². The van der Waals surface area contributed by atoms with Crippen molar-refractivity contribution < 1.29 is 9.90 Å². The van der Waals surface area contributed by atoms with Gasteiger partial charge in [-0.15, -0.1) is 0 Å². The first-order chi connectivity index (χ1) is 10.1. The summed E-state index contributed by atoms with van der Waals surface area (Å²) in [6, 6.07) is 9.99. The predicted octanol–water partition coefficient (Wildman–Crippen LogP) is 2.13. The van der Waals surface area contributed by atoms with Gasteiger partial charge >= 0.3 is 5.97 Å². The van der Waals surface area contributed by atoms with Crippen molar-refractivity contribution in [1.29, 1.82) is 0 Å². The molecule has 1 aromatic rings. The largest absolute Gasteiger partial charge is 0.480 e. The van der Waals surface area contributed by atoms with Gasteiger partial charge in [0, 0.05) is 0 Å². The molecule has 21 heavy (non-hydrogen) atoms. The van der Waals surface area contributed by atoms with Gasteiger partial charge in [-0.05, 0) is 63.2 Å². The van der Waals surface area contributed by atoms with E-state index in [0.29, 0.717) is 6.42 Å². The molecule has 0 aliphatic carbocycles. The molecule has 1 aromatic carbocycles. The Hall–Kier alpha value is -1.39. The van der Waals surface area contributed by atoms with Gasteiger partial charge in [0.05, 0.1) is 0 Å². The Bertz CT molecular complexity index is 428. The maximum Gasteiger partial charge on any atom is 0.320 e. The van der Waals surface area contributed by atoms with Crippen LogP contribution in [-0.4, -0.2) is 41.7 Å². The molecule has 1 unspecified atom stereocenters. The van der Waals surface area contributed by atoms with E-state index in [4.69, 9.17) is 10.8 Å². The van der Waals surface area contributed by atoms with Gasteiger partial charge in [0.1, 0.15) is 6.04 Å². The summed E-state index contributed by atoms with van der Waals surface area (Å²) in [5, 5.41) is 8.76. The van der Waals surface area contributed by atoms with Gasteiger partial charge < -0.3 is 15.7 Å². The Balaban J connectivity index is 1.63. The highest BCUT2D eigenvalue weighted by Gasteiger charge is 2.19. The standard InChI is InChI=1S/C17H26N2O2/c18-16(17(20)21)7-4-10-19-11-8-15(9-12-19)13-14-5-2-1-3-6-14/h1-3,5-6,15-16H,4,7-13,18H2,(H,20,21). The zero-order valence-electron chi connectivity index (χ0n) is 12.6. The van der Waals surface area contributed by atoms with Crippen LogP contribution in [0.5, 0.6) is 0 Å². The molecule has 0 amide bonds. The summed E-state index contributed by atoms with van der Waals surface area (Å²) in [6.45, 7) is 3.22. The maximum absolute atomic E-state index is 10.7. The van der Waals surface area contributed by atoms with Gasteiger partial charge in [0.25, 0.3) is 0 Å². The number of carbonyl (C=O) groups is 1. The van der Waals surface area contributed by atoms with E-state index in [0.717, 1.165) is 32.0 Å². The van der Waals surface area contributed by atoms with Crippen LogP contribution in [0.25, 0.3) is 0 Å². The van der Waals surface area contributed by atoms with Crippen LogP contribution in [0.1, 0.15) is 31.2 Å². The van der Waals surface area contributed by atoms with Crippen LogP contribution >= 0.6 is 0 Å². The highest BCUT2D eigenvalue weighted by atomic mass is 16.4. The van der Waals surface area contributed by atoms with Crippen LogP contribution < -0.4 is 5.73 Å². The van der Waals surface area contributed by atoms with Crippen LogP contribution in [0, 0.1) is 5.92 Å². The zero-order valence-corrected chi connectivity index (χ0v) is 12.6. The molecule has 4 heteroatoms. The number of aliphatic carboxylic acids is 1. The zero-order chi connectivity index (χ0) is 15.1. The summed E-state index contributed by atoms with van der Waals surface area (Å²) < 4.78 is 0. The Morgan fingerprint density at radius 2 is 1.95 bits per heavy atom. The number of piperidine rings is 1. The predicted molar refractivity (Wildman–Crippen MR) is 84.2 cm³/mol. The van der Waals surface area contributed by atoms with Crippen molar-refractivity contribution in [3.05, 3.63) is 35.9 Å². The molecule has 0 radical (unpaired) electrons. The fourth-order valence-corrected chi connectivity index (χ4v) is 3.02. The van der Waals surface area contributed by atoms with Crippen LogP contribution in [0.15, 0.2) is 30.3 Å². The molecule has 1 fully saturated rings. The molecule has 1 aliphatic heterocycles. The minimum Gasteiger partial charge on any atom is -0.480 e. The van der Waals surface area contributed by atoms with Gasteiger partial charge in [-0.1, -0.05) is 30.3 Å². The molecule has 0 saturated carbocycles. The number of hydrogen-bond acceptors (Lipinski definition) is 3. The first kappa shape index (κ1) is 16.0. The maximum atomic E-state index is 10.7. The third kappa shape index (κ3) is 5.48. The van der Waals surface area contributed by atoms with E-state index >= 15 is 0 Å². The molecular formula is C17H26N2O2. The van der Waals surface area contributed by atoms with Crippen LogP contribution in [0.2, 0.25) is 0 Å². The number of likely N-dealkylation sites (tertiary alicyclic amines) is 1. The van der Waals surface area contributed by atoms with Crippen molar-refractivity contribution in [2.45, 2.75) is 38.1 Å². The number of carboxylic acids is 1. The van der Waals surface area contributed by atoms with E-state index in [1.54, 1.807) is 0 Å². The number of nitrogens with zero attached hydrogens (tertiary/aromatic N) is 1. The van der Waals surface area contributed by atoms with Gasteiger partial charge in [-0.3, -0.25) is 4.79 Å². The monoisotopic (exact) mass is 290 g/mol. The smallest absolute Gasteiger partial charge is 0.320 e. The van der Waals surface area contributed by atoms with Crippen LogP contribution in [-0.2, 0) is 11.2 Å². The molecule has 0 aromatic heterocycles. The second kappa shape index (κ2) is 8.15. The second-order valence-electron chi connectivity index (χ2n) is 6.06. The average Bonchev–Trinajstić information content (AvgIpc) is 2.50. The number of rotatable bonds is 7. The minimum absolute atomic E-state index is 0.569. The van der Waals surface area contributed by atoms with Gasteiger partial charge in [0.2, 0.25) is 0 Å². The van der Waals surface area contributed by atoms with Crippen molar-refractivity contribution >= 4 is 5.97 Å². The number of carboxylic acid groups (broad SMARTS) is 1. The normalized spacial score (nSPS) is 18.5. The van der Waals surface area contributed by atoms with Crippen molar-refractivity contribution in [3.8, 4) is 0 Å². The number of benzene rings is 1. The fraction of sp³-hybridized carbons (Fsp3) is 0.588. The summed E-state index contributed by atoms with van der Waals surface area (Å²) in [5.41, 5.74) is 6.96. The van der Waals surface area contributed by atoms with E-state index < -0.39 is 12.0 Å². The van der Waals surface area contributed by atoms with E-state index in [9.17, 15) is 4.79 Å². The molecule has 0 bridgehead atoms. The van der Waals surface area contributed by atoms with Gasteiger partial charge in [0.15, 0.2) is 0 Å². The fourth-order valence-electron chi connectivity index (χ4n) is 3.02. The number of hydrogen-bond donors (Lipinski definition) is 2. The lowest BCUT2D eigenvalue weighted by Gasteiger charge is -2.32. The lowest BCUT2D eigenvalue weighted by atomic mass is 9.90. The highest BCUT2D eigenvalue weighted by Crippen LogP contribution is 2.21.